The predicted octanol–water partition coefficient (Wildman–Crippen LogP) is 5.02. The lowest BCUT2D eigenvalue weighted by atomic mass is 9.46. The van der Waals surface area contributed by atoms with Gasteiger partial charge in [0.25, 0.3) is 0 Å². The molecule has 7 heteroatoms. The van der Waals surface area contributed by atoms with Gasteiger partial charge in [0.05, 0.1) is 22.4 Å². The molecule has 0 amide bonds. The third-order valence-electron chi connectivity index (χ3n) is 7.14. The van der Waals surface area contributed by atoms with Crippen LogP contribution in [0, 0.1) is 5.82 Å². The predicted molar refractivity (Wildman–Crippen MR) is 111 cm³/mol. The fraction of sp³-hybridized carbons (Fsp3) is 0.714. The highest BCUT2D eigenvalue weighted by Crippen LogP contribution is 2.49. The van der Waals surface area contributed by atoms with E-state index in [1.165, 1.54) is 12.1 Å². The molecular weight excluding hydrogens is 357 g/mol. The van der Waals surface area contributed by atoms with Gasteiger partial charge in [-0.15, -0.1) is 0 Å². The lowest BCUT2D eigenvalue weighted by molar-refractivity contribution is 0.00578. The summed E-state index contributed by atoms with van der Waals surface area (Å²) in [6.45, 7) is 18.4. The van der Waals surface area contributed by atoms with Crippen LogP contribution in [0.1, 0.15) is 73.8 Å². The highest BCUT2D eigenvalue weighted by molar-refractivity contribution is 6.68. The molecule has 154 valence electrons. The minimum atomic E-state index is -0.500. The maximum absolute atomic E-state index is 13.5. The van der Waals surface area contributed by atoms with Crippen molar-refractivity contribution in [1.29, 1.82) is 0 Å². The highest BCUT2D eigenvalue weighted by atomic mass is 19.1. The van der Waals surface area contributed by atoms with Crippen LogP contribution in [0.2, 0.25) is 5.72 Å². The summed E-state index contributed by atoms with van der Waals surface area (Å²) in [6, 6.07) is 6.59. The van der Waals surface area contributed by atoms with Crippen LogP contribution in [0.5, 0.6) is 0 Å². The number of benzene rings is 1. The maximum atomic E-state index is 13.5. The van der Waals surface area contributed by atoms with Crippen LogP contribution in [0.25, 0.3) is 0 Å². The summed E-state index contributed by atoms with van der Waals surface area (Å²) in [5.41, 5.74) is -1.04. The molecule has 28 heavy (non-hydrogen) atoms. The van der Waals surface area contributed by atoms with E-state index >= 15 is 0 Å². The topological polar surface area (TPSA) is 36.9 Å². The van der Waals surface area contributed by atoms with Crippen LogP contribution < -0.4 is 0 Å². The van der Waals surface area contributed by atoms with Crippen molar-refractivity contribution < 1.29 is 23.0 Å². The van der Waals surface area contributed by atoms with Crippen LogP contribution in [0.3, 0.4) is 0 Å². The highest BCUT2D eigenvalue weighted by Gasteiger charge is 2.63. The van der Waals surface area contributed by atoms with E-state index in [1.807, 2.05) is 67.5 Å². The van der Waals surface area contributed by atoms with E-state index in [9.17, 15) is 4.39 Å². The molecule has 0 radical (unpaired) electrons. The van der Waals surface area contributed by atoms with Crippen molar-refractivity contribution in [2.45, 2.75) is 96.4 Å². The summed E-state index contributed by atoms with van der Waals surface area (Å²) in [7, 11) is -1.00. The Kier molecular flexibility index (Phi) is 5.32. The summed E-state index contributed by atoms with van der Waals surface area (Å²) in [4.78, 5) is 0. The molecule has 0 bridgehead atoms. The first kappa shape index (κ1) is 21.8. The van der Waals surface area contributed by atoms with E-state index in [0.29, 0.717) is 0 Å². The third-order valence-corrected chi connectivity index (χ3v) is 7.14. The second-order valence-corrected chi connectivity index (χ2v) is 10.2. The van der Waals surface area contributed by atoms with E-state index in [0.717, 1.165) is 5.56 Å². The summed E-state index contributed by atoms with van der Waals surface area (Å²) >= 11 is 0. The zero-order valence-corrected chi connectivity index (χ0v) is 18.6. The summed E-state index contributed by atoms with van der Waals surface area (Å²) < 4.78 is 39.0. The van der Waals surface area contributed by atoms with E-state index in [2.05, 4.69) is 6.92 Å². The van der Waals surface area contributed by atoms with Gasteiger partial charge >= 0.3 is 14.2 Å². The average molecular weight is 390 g/mol. The van der Waals surface area contributed by atoms with E-state index in [4.69, 9.17) is 18.6 Å². The molecule has 0 unspecified atom stereocenters. The van der Waals surface area contributed by atoms with Gasteiger partial charge in [-0.3, -0.25) is 0 Å². The molecule has 0 aliphatic carbocycles. The monoisotopic (exact) mass is 390 g/mol. The molecule has 0 N–H and O–H groups in total. The lowest BCUT2D eigenvalue weighted by Crippen LogP contribution is -2.41. The quantitative estimate of drug-likeness (QED) is 0.677. The molecule has 0 aromatic heterocycles. The van der Waals surface area contributed by atoms with Gasteiger partial charge in [-0.1, -0.05) is 19.1 Å². The molecule has 2 aliphatic heterocycles. The van der Waals surface area contributed by atoms with Gasteiger partial charge in [0.15, 0.2) is 0 Å². The largest absolute Gasteiger partial charge is 0.459 e. The van der Waals surface area contributed by atoms with Crippen LogP contribution in [0.15, 0.2) is 24.3 Å². The Bertz CT molecular complexity index is 650. The fourth-order valence-electron chi connectivity index (χ4n) is 3.68. The first-order valence-electron chi connectivity index (χ1n) is 10.1. The molecule has 0 saturated carbocycles. The Balaban J connectivity index is 1.97. The standard InChI is InChI=1S/C21H33B2FO4/c1-14(15-10-12-16(24)13-11-15)17(22-25-18(2,3)19(4,5)26-22)23-27-20(6,7)21(8,9)28-23/h10-14,17H,1-9H3/t14-/m0/s1. The first-order valence-corrected chi connectivity index (χ1v) is 10.1. The second-order valence-electron chi connectivity index (χ2n) is 10.2. The van der Waals surface area contributed by atoms with Gasteiger partial charge in [-0.2, -0.15) is 0 Å². The Morgan fingerprint density at radius 3 is 1.32 bits per heavy atom. The summed E-state index contributed by atoms with van der Waals surface area (Å²) in [5.74, 6) is -0.274. The molecule has 0 spiro atoms. The SMILES string of the molecule is C[C@@H](c1ccc(F)cc1)C(B1OC(C)(C)C(C)(C)O1)B1OC(C)(C)C(C)(C)O1. The molecule has 3 rings (SSSR count). The van der Waals surface area contributed by atoms with Crippen molar-refractivity contribution in [3.05, 3.63) is 35.6 Å². The smallest absolute Gasteiger partial charge is 0.403 e. The van der Waals surface area contributed by atoms with Gasteiger partial charge in [0.1, 0.15) is 5.82 Å². The Morgan fingerprint density at radius 2 is 1.00 bits per heavy atom. The second kappa shape index (κ2) is 6.83. The number of hydrogen-bond acceptors (Lipinski definition) is 4. The van der Waals surface area contributed by atoms with Gasteiger partial charge < -0.3 is 18.6 Å². The number of rotatable bonds is 4. The molecule has 4 nitrogen and oxygen atoms in total. The van der Waals surface area contributed by atoms with Gasteiger partial charge in [-0.25, -0.2) is 4.39 Å². The minimum Gasteiger partial charge on any atom is -0.403 e. The van der Waals surface area contributed by atoms with Crippen LogP contribution in [-0.4, -0.2) is 36.6 Å². The zero-order valence-electron chi connectivity index (χ0n) is 18.6. The molecule has 2 fully saturated rings. The summed E-state index contributed by atoms with van der Waals surface area (Å²) in [6.07, 6.45) is 0. The Hall–Kier alpha value is -0.880. The van der Waals surface area contributed by atoms with Gasteiger partial charge in [0.2, 0.25) is 0 Å². The zero-order chi connectivity index (χ0) is 21.1. The minimum absolute atomic E-state index is 0.0231. The number of halogens is 1. The van der Waals surface area contributed by atoms with Crippen LogP contribution in [0.4, 0.5) is 4.39 Å². The molecular formula is C21H33B2FO4. The lowest BCUT2D eigenvalue weighted by Gasteiger charge is -2.32. The van der Waals surface area contributed by atoms with E-state index < -0.39 is 36.6 Å². The Labute approximate surface area is 169 Å². The maximum Gasteiger partial charge on any atom is 0.459 e. The molecule has 2 aliphatic rings. The van der Waals surface area contributed by atoms with Crippen molar-refractivity contribution in [2.75, 3.05) is 0 Å². The Morgan fingerprint density at radius 1 is 0.679 bits per heavy atom. The summed E-state index contributed by atoms with van der Waals surface area (Å²) in [5, 5.41) is 0. The molecule has 2 saturated heterocycles. The first-order chi connectivity index (χ1) is 12.7. The third kappa shape index (κ3) is 3.67. The molecule has 2 heterocycles. The average Bonchev–Trinajstić information content (AvgIpc) is 2.87. The van der Waals surface area contributed by atoms with Crippen molar-refractivity contribution >= 4 is 14.2 Å². The molecule has 1 aromatic carbocycles. The van der Waals surface area contributed by atoms with Gasteiger partial charge in [-0.05, 0) is 79.0 Å². The van der Waals surface area contributed by atoms with Crippen molar-refractivity contribution in [2.24, 2.45) is 0 Å². The van der Waals surface area contributed by atoms with E-state index in [1.54, 1.807) is 0 Å². The number of hydrogen-bond donors (Lipinski definition) is 0. The van der Waals surface area contributed by atoms with Crippen LogP contribution in [-0.2, 0) is 18.6 Å². The van der Waals surface area contributed by atoms with Crippen molar-refractivity contribution in [1.82, 2.24) is 0 Å². The van der Waals surface area contributed by atoms with Crippen molar-refractivity contribution in [3.63, 3.8) is 0 Å². The molecule has 1 aromatic rings. The normalized spacial score (nSPS) is 26.1. The molecule has 1 atom stereocenters. The van der Waals surface area contributed by atoms with Crippen molar-refractivity contribution in [3.8, 4) is 0 Å². The van der Waals surface area contributed by atoms with E-state index in [-0.39, 0.29) is 17.5 Å². The van der Waals surface area contributed by atoms with Gasteiger partial charge in [0, 0.05) is 5.72 Å². The fourth-order valence-corrected chi connectivity index (χ4v) is 3.68. The van der Waals surface area contributed by atoms with Crippen LogP contribution >= 0.6 is 0 Å².